The molecule has 0 atom stereocenters. The summed E-state index contributed by atoms with van der Waals surface area (Å²) >= 11 is 1.68. The molecule has 0 saturated heterocycles. The zero-order valence-electron chi connectivity index (χ0n) is 11.1. The highest BCUT2D eigenvalue weighted by molar-refractivity contribution is 7.10. The highest BCUT2D eigenvalue weighted by Crippen LogP contribution is 2.20. The summed E-state index contributed by atoms with van der Waals surface area (Å²) in [5, 5.41) is 10.6. The van der Waals surface area contributed by atoms with E-state index in [1.807, 2.05) is 11.4 Å². The van der Waals surface area contributed by atoms with Crippen LogP contribution in [0.3, 0.4) is 0 Å². The van der Waals surface area contributed by atoms with Crippen LogP contribution in [-0.2, 0) is 11.3 Å². The molecule has 0 bridgehead atoms. The summed E-state index contributed by atoms with van der Waals surface area (Å²) in [5.41, 5.74) is 1.02. The molecule has 0 spiro atoms. The van der Waals surface area contributed by atoms with Gasteiger partial charge in [0.1, 0.15) is 0 Å². The van der Waals surface area contributed by atoms with E-state index in [1.165, 1.54) is 30.2 Å². The molecule has 4 heteroatoms. The third kappa shape index (κ3) is 5.47. The van der Waals surface area contributed by atoms with Crippen LogP contribution in [0.2, 0.25) is 0 Å². The third-order valence-electron chi connectivity index (χ3n) is 2.74. The summed E-state index contributed by atoms with van der Waals surface area (Å²) in [4.78, 5) is 14.0. The van der Waals surface area contributed by atoms with Gasteiger partial charge < -0.3 is 10.0 Å². The Hall–Kier alpha value is -1.13. The number of nitrogens with zero attached hydrogens (tertiary/aromatic N) is 1. The monoisotopic (exact) mass is 267 g/mol. The summed E-state index contributed by atoms with van der Waals surface area (Å²) in [6.07, 6.45) is 6.59. The van der Waals surface area contributed by atoms with Gasteiger partial charge in [-0.25, -0.2) is 4.79 Å². The van der Waals surface area contributed by atoms with Crippen LogP contribution >= 0.6 is 11.3 Å². The molecule has 0 aliphatic carbocycles. The molecule has 0 fully saturated rings. The first-order chi connectivity index (χ1) is 8.63. The van der Waals surface area contributed by atoms with Crippen molar-refractivity contribution in [1.82, 2.24) is 4.90 Å². The Morgan fingerprint density at radius 1 is 1.50 bits per heavy atom. The van der Waals surface area contributed by atoms with Gasteiger partial charge in [-0.3, -0.25) is 0 Å². The van der Waals surface area contributed by atoms with Crippen molar-refractivity contribution in [2.45, 2.75) is 32.7 Å². The maximum absolute atomic E-state index is 10.5. The Bertz CT molecular complexity index is 398. The second-order valence-electron chi connectivity index (χ2n) is 4.42. The number of unbranched alkanes of at least 4 members (excludes halogenated alkanes) is 2. The maximum Gasteiger partial charge on any atom is 0.328 e. The molecule has 100 valence electrons. The number of hydrogen-bond acceptors (Lipinski definition) is 3. The molecular weight excluding hydrogens is 246 g/mol. The van der Waals surface area contributed by atoms with Crippen molar-refractivity contribution >= 4 is 23.4 Å². The van der Waals surface area contributed by atoms with E-state index in [0.717, 1.165) is 18.7 Å². The standard InChI is InChI=1S/C14H21NO2S/c1-3-4-5-9-15(2)11-13-12(8-10-18-13)6-7-14(16)17/h6-8,10H,3-5,9,11H2,1-2H3,(H,16,17). The summed E-state index contributed by atoms with van der Waals surface area (Å²) in [7, 11) is 2.11. The van der Waals surface area contributed by atoms with Gasteiger partial charge in [0, 0.05) is 17.5 Å². The maximum atomic E-state index is 10.5. The summed E-state index contributed by atoms with van der Waals surface area (Å²) in [6.45, 7) is 4.18. The largest absolute Gasteiger partial charge is 0.478 e. The van der Waals surface area contributed by atoms with Crippen molar-refractivity contribution in [3.63, 3.8) is 0 Å². The minimum Gasteiger partial charge on any atom is -0.478 e. The molecule has 3 nitrogen and oxygen atoms in total. The summed E-state index contributed by atoms with van der Waals surface area (Å²) < 4.78 is 0. The van der Waals surface area contributed by atoms with Crippen molar-refractivity contribution in [2.24, 2.45) is 0 Å². The van der Waals surface area contributed by atoms with Crippen LogP contribution in [0, 0.1) is 0 Å². The molecular formula is C14H21NO2S. The number of carbonyl (C=O) groups is 1. The van der Waals surface area contributed by atoms with Gasteiger partial charge in [-0.1, -0.05) is 19.8 Å². The SMILES string of the molecule is CCCCCN(C)Cc1sccc1C=CC(=O)O. The fourth-order valence-corrected chi connectivity index (χ4v) is 2.69. The molecule has 1 heterocycles. The molecule has 0 amide bonds. The lowest BCUT2D eigenvalue weighted by Crippen LogP contribution is -2.18. The van der Waals surface area contributed by atoms with E-state index in [2.05, 4.69) is 18.9 Å². The number of thiophene rings is 1. The van der Waals surface area contributed by atoms with E-state index in [9.17, 15) is 4.79 Å². The van der Waals surface area contributed by atoms with Gasteiger partial charge in [-0.2, -0.15) is 0 Å². The molecule has 1 aromatic rings. The first kappa shape index (κ1) is 14.9. The number of rotatable bonds is 8. The van der Waals surface area contributed by atoms with E-state index in [-0.39, 0.29) is 0 Å². The summed E-state index contributed by atoms with van der Waals surface area (Å²) in [6, 6.07) is 1.97. The van der Waals surface area contributed by atoms with E-state index < -0.39 is 5.97 Å². The predicted octanol–water partition coefficient (Wildman–Crippen LogP) is 3.47. The minimum atomic E-state index is -0.900. The number of carboxylic acids is 1. The average Bonchev–Trinajstić information content (AvgIpc) is 2.74. The summed E-state index contributed by atoms with van der Waals surface area (Å²) in [5.74, 6) is -0.900. The van der Waals surface area contributed by atoms with Crippen molar-refractivity contribution in [2.75, 3.05) is 13.6 Å². The van der Waals surface area contributed by atoms with Crippen LogP contribution in [0.5, 0.6) is 0 Å². The smallest absolute Gasteiger partial charge is 0.328 e. The molecule has 1 aromatic heterocycles. The Balaban J connectivity index is 2.51. The zero-order valence-corrected chi connectivity index (χ0v) is 11.9. The van der Waals surface area contributed by atoms with Crippen LogP contribution in [-0.4, -0.2) is 29.6 Å². The van der Waals surface area contributed by atoms with E-state index in [1.54, 1.807) is 17.4 Å². The predicted molar refractivity (Wildman–Crippen MR) is 76.8 cm³/mol. The van der Waals surface area contributed by atoms with Crippen molar-refractivity contribution in [1.29, 1.82) is 0 Å². The Labute approximate surface area is 113 Å². The molecule has 0 aromatic carbocycles. The van der Waals surface area contributed by atoms with Crippen molar-refractivity contribution in [3.05, 3.63) is 28.0 Å². The topological polar surface area (TPSA) is 40.5 Å². The van der Waals surface area contributed by atoms with Crippen LogP contribution in [0.15, 0.2) is 17.5 Å². The van der Waals surface area contributed by atoms with Crippen LogP contribution in [0.1, 0.15) is 36.6 Å². The van der Waals surface area contributed by atoms with Crippen LogP contribution in [0.25, 0.3) is 6.08 Å². The minimum absolute atomic E-state index is 0.890. The molecule has 1 N–H and O–H groups in total. The fraction of sp³-hybridized carbons (Fsp3) is 0.500. The van der Waals surface area contributed by atoms with Crippen LogP contribution < -0.4 is 0 Å². The molecule has 0 aliphatic heterocycles. The second-order valence-corrected chi connectivity index (χ2v) is 5.42. The van der Waals surface area contributed by atoms with Gasteiger partial charge >= 0.3 is 5.97 Å². The zero-order chi connectivity index (χ0) is 13.4. The lowest BCUT2D eigenvalue weighted by atomic mass is 10.2. The van der Waals surface area contributed by atoms with E-state index in [0.29, 0.717) is 0 Å². The van der Waals surface area contributed by atoms with E-state index in [4.69, 9.17) is 5.11 Å². The Kier molecular flexibility index (Phi) is 6.68. The third-order valence-corrected chi connectivity index (χ3v) is 3.66. The van der Waals surface area contributed by atoms with Gasteiger partial charge in [0.15, 0.2) is 0 Å². The normalized spacial score (nSPS) is 11.5. The molecule has 0 saturated carbocycles. The number of carboxylic acid groups (broad SMARTS) is 1. The van der Waals surface area contributed by atoms with Crippen LogP contribution in [0.4, 0.5) is 0 Å². The molecule has 0 unspecified atom stereocenters. The molecule has 18 heavy (non-hydrogen) atoms. The second kappa shape index (κ2) is 8.06. The molecule has 0 radical (unpaired) electrons. The molecule has 1 rings (SSSR count). The first-order valence-electron chi connectivity index (χ1n) is 6.29. The van der Waals surface area contributed by atoms with Gasteiger partial charge in [-0.15, -0.1) is 11.3 Å². The Morgan fingerprint density at radius 3 is 2.94 bits per heavy atom. The highest BCUT2D eigenvalue weighted by atomic mass is 32.1. The van der Waals surface area contributed by atoms with E-state index >= 15 is 0 Å². The van der Waals surface area contributed by atoms with Gasteiger partial charge in [0.25, 0.3) is 0 Å². The Morgan fingerprint density at radius 2 is 2.28 bits per heavy atom. The van der Waals surface area contributed by atoms with Crippen molar-refractivity contribution < 1.29 is 9.90 Å². The van der Waals surface area contributed by atoms with Gasteiger partial charge in [-0.05, 0) is 43.1 Å². The van der Waals surface area contributed by atoms with Gasteiger partial charge in [0.05, 0.1) is 0 Å². The number of hydrogen-bond donors (Lipinski definition) is 1. The first-order valence-corrected chi connectivity index (χ1v) is 7.17. The number of aliphatic carboxylic acids is 1. The highest BCUT2D eigenvalue weighted by Gasteiger charge is 2.05. The lowest BCUT2D eigenvalue weighted by Gasteiger charge is -2.15. The average molecular weight is 267 g/mol. The van der Waals surface area contributed by atoms with Gasteiger partial charge in [0.2, 0.25) is 0 Å². The lowest BCUT2D eigenvalue weighted by molar-refractivity contribution is -0.131. The quantitative estimate of drug-likeness (QED) is 0.579. The fourth-order valence-electron chi connectivity index (χ4n) is 1.74. The molecule has 0 aliphatic rings. The van der Waals surface area contributed by atoms with Crippen molar-refractivity contribution in [3.8, 4) is 0 Å².